The van der Waals surface area contributed by atoms with E-state index in [1.807, 2.05) is 27.7 Å². The average molecular weight is 1490 g/mol. The standard InChI is InChI=1S/C81H128N12O14/c1-24-31-54(26-3)42-63(72(98)85-62(47-107-81(14,15)16)77(103)89(20)64(45-60-58-35-36-59(60)57-34-33-56(58)44-57)73(99)84-61(39-48(5)6)76(102)92(23)70(50(9)10)71(82)97)88(19)75(101)53(13)86(17)78(104)65(40-49(7)8)90(21)74(100)52(12)83-68(95)46-67(80(106)93-37-29-28-30-38-93)91(22)79(105)66(43-55(27-4)32-25-2)87(18)69(96)41-51(11)94/h24-27,31-32,48-53,60-67,70,94H,1-4,28-30,33-47H2,5-23H3,(H2,82,97)(H,83,95)(H,84,99)(H,85,98)/b54-31+,55-32+/t51-,52?,53?,61+,62+,63+,64+,65+,66+,67?,70?/m1/s1. The van der Waals surface area contributed by atoms with Crippen molar-refractivity contribution in [1.29, 1.82) is 0 Å². The van der Waals surface area contributed by atoms with Crippen molar-refractivity contribution in [2.45, 2.75) is 252 Å². The Morgan fingerprint density at radius 1 is 0.542 bits per heavy atom. The zero-order chi connectivity index (χ0) is 81.0. The summed E-state index contributed by atoms with van der Waals surface area (Å²) in [5, 5.41) is 18.7. The second-order valence-electron chi connectivity index (χ2n) is 31.8. The van der Waals surface area contributed by atoms with Gasteiger partial charge < -0.3 is 70.7 Å². The van der Waals surface area contributed by atoms with Crippen LogP contribution in [0.4, 0.5) is 0 Å². The number of aliphatic hydroxyl groups is 1. The van der Waals surface area contributed by atoms with E-state index in [1.165, 1.54) is 146 Å². The van der Waals surface area contributed by atoms with E-state index >= 15 is 24.0 Å². The van der Waals surface area contributed by atoms with Crippen LogP contribution in [0.1, 0.15) is 179 Å². The van der Waals surface area contributed by atoms with Crippen LogP contribution in [0.25, 0.3) is 0 Å². The zero-order valence-electron chi connectivity index (χ0n) is 67.6. The molecule has 0 spiro atoms. The Labute approximate surface area is 636 Å². The molecule has 1 saturated heterocycles. The monoisotopic (exact) mass is 1490 g/mol. The molecule has 4 unspecified atom stereocenters. The molecule has 596 valence electrons. The first-order chi connectivity index (χ1) is 50.0. The van der Waals surface area contributed by atoms with Crippen molar-refractivity contribution in [3.8, 4) is 0 Å². The molecule has 0 radical (unpaired) electrons. The predicted octanol–water partition coefficient (Wildman–Crippen LogP) is 6.46. The number of hydrogen-bond acceptors (Lipinski definition) is 14. The largest absolute Gasteiger partial charge is 0.393 e. The quantitative estimate of drug-likeness (QED) is 0.0324. The number of nitrogens with zero attached hydrogens (tertiary/aromatic N) is 8. The third kappa shape index (κ3) is 24.8. The van der Waals surface area contributed by atoms with Crippen molar-refractivity contribution in [3.05, 3.63) is 96.2 Å². The molecule has 26 heteroatoms. The molecule has 3 aliphatic carbocycles. The third-order valence-corrected chi connectivity index (χ3v) is 21.2. The lowest BCUT2D eigenvalue weighted by atomic mass is 9.83. The van der Waals surface area contributed by atoms with E-state index in [0.717, 1.165) is 43.4 Å². The summed E-state index contributed by atoms with van der Waals surface area (Å²) in [6.07, 6.45) is 14.3. The number of carbonyl (C=O) groups excluding carboxylic acids is 12. The molecule has 4 aliphatic rings. The predicted molar refractivity (Wildman–Crippen MR) is 414 cm³/mol. The van der Waals surface area contributed by atoms with E-state index in [-0.39, 0.29) is 68.8 Å². The number of piperidine rings is 1. The summed E-state index contributed by atoms with van der Waals surface area (Å²) in [4.78, 5) is 186. The second kappa shape index (κ2) is 41.2. The van der Waals surface area contributed by atoms with Crippen molar-refractivity contribution < 1.29 is 67.4 Å². The number of hydrogen-bond donors (Lipinski definition) is 5. The molecule has 4 rings (SSSR count). The van der Waals surface area contributed by atoms with Crippen LogP contribution in [0.3, 0.4) is 0 Å². The number of nitrogens with two attached hydrogens (primary N) is 1. The summed E-state index contributed by atoms with van der Waals surface area (Å²) in [5.74, 6) is -8.72. The van der Waals surface area contributed by atoms with Gasteiger partial charge in [0, 0.05) is 81.2 Å². The average Bonchev–Trinajstić information content (AvgIpc) is 1.60. The van der Waals surface area contributed by atoms with E-state index < -0.39 is 149 Å². The molecular formula is C81H128N12O14. The molecule has 0 aromatic rings. The molecule has 1 heterocycles. The topological polar surface area (TPSA) is 322 Å². The first kappa shape index (κ1) is 90.9. The molecule has 12 amide bonds. The van der Waals surface area contributed by atoms with Gasteiger partial charge in [-0.3, -0.25) is 57.5 Å². The van der Waals surface area contributed by atoms with Gasteiger partial charge in [-0.05, 0) is 141 Å². The number of likely N-dealkylation sites (tertiary alicyclic amines) is 1. The SMILES string of the molecule is C=C/C=C(\C=C)C[C@@H](C(=O)N(C)C(CC(=O)NC(C)C(=O)N(C)[C@@H](CC(C)C)C(=O)N(C)C(C)C(=O)N(C)[C@@H](C/C(C=C)=C/C=C)C(=O)N[C@@H](COC(C)(C)C)C(=O)N(C)[C@@H](CC1C2=C3CCC(=C1CC2)C3)C(=O)N[C@@H](CC(C)C)C(=O)N(C)C(C(N)=O)C(C)C)C(=O)N1CCCCC1)N(C)C(=O)C[C@@H](C)O. The molecule has 11 atom stereocenters. The minimum Gasteiger partial charge on any atom is -0.393 e. The second-order valence-corrected chi connectivity index (χ2v) is 31.8. The number of ether oxygens (including phenoxy) is 1. The molecule has 6 N–H and O–H groups in total. The first-order valence-electron chi connectivity index (χ1n) is 37.9. The lowest BCUT2D eigenvalue weighted by Crippen LogP contribution is -2.61. The Kier molecular flexibility index (Phi) is 35.0. The van der Waals surface area contributed by atoms with Crippen molar-refractivity contribution in [3.63, 3.8) is 0 Å². The van der Waals surface area contributed by atoms with Gasteiger partial charge in [-0.2, -0.15) is 0 Å². The summed E-state index contributed by atoms with van der Waals surface area (Å²) in [6.45, 7) is 36.5. The highest BCUT2D eigenvalue weighted by Crippen LogP contribution is 2.53. The van der Waals surface area contributed by atoms with E-state index in [1.54, 1.807) is 51.7 Å². The zero-order valence-corrected chi connectivity index (χ0v) is 67.6. The highest BCUT2D eigenvalue weighted by atomic mass is 16.5. The molecule has 0 aromatic heterocycles. The summed E-state index contributed by atoms with van der Waals surface area (Å²) in [7, 11) is 9.96. The highest BCUT2D eigenvalue weighted by Gasteiger charge is 2.46. The summed E-state index contributed by atoms with van der Waals surface area (Å²) < 4.78 is 6.28. The van der Waals surface area contributed by atoms with E-state index in [0.29, 0.717) is 37.1 Å². The number of fused-ring (bicyclic) bond motifs is 4. The van der Waals surface area contributed by atoms with Gasteiger partial charge in [-0.25, -0.2) is 0 Å². The Morgan fingerprint density at radius 3 is 1.50 bits per heavy atom. The van der Waals surface area contributed by atoms with Crippen LogP contribution >= 0.6 is 0 Å². The van der Waals surface area contributed by atoms with Gasteiger partial charge in [0.15, 0.2) is 0 Å². The van der Waals surface area contributed by atoms with E-state index in [9.17, 15) is 38.7 Å². The molecule has 26 nitrogen and oxygen atoms in total. The van der Waals surface area contributed by atoms with Gasteiger partial charge >= 0.3 is 0 Å². The molecule has 2 saturated carbocycles. The van der Waals surface area contributed by atoms with Gasteiger partial charge in [0.1, 0.15) is 60.4 Å². The number of carbonyl (C=O) groups is 12. The van der Waals surface area contributed by atoms with E-state index in [2.05, 4.69) is 42.3 Å². The van der Waals surface area contributed by atoms with Gasteiger partial charge in [0.25, 0.3) is 0 Å². The van der Waals surface area contributed by atoms with Crippen molar-refractivity contribution in [2.75, 3.05) is 69.0 Å². The number of rotatable bonds is 41. The lowest BCUT2D eigenvalue weighted by molar-refractivity contribution is -0.153. The van der Waals surface area contributed by atoms with Gasteiger partial charge in [-0.1, -0.05) is 127 Å². The smallest absolute Gasteiger partial charge is 0.247 e. The highest BCUT2D eigenvalue weighted by molar-refractivity contribution is 5.99. The summed E-state index contributed by atoms with van der Waals surface area (Å²) >= 11 is 0. The third-order valence-electron chi connectivity index (χ3n) is 21.2. The van der Waals surface area contributed by atoms with Crippen LogP contribution in [0.15, 0.2) is 96.2 Å². The van der Waals surface area contributed by atoms with Crippen LogP contribution in [0.2, 0.25) is 0 Å². The van der Waals surface area contributed by atoms with Crippen molar-refractivity contribution >= 4 is 70.9 Å². The van der Waals surface area contributed by atoms with Gasteiger partial charge in [0.2, 0.25) is 70.9 Å². The number of aliphatic hydroxyl groups excluding tert-OH is 1. The fraction of sp³-hybridized carbons (Fsp3) is 0.654. The number of nitrogens with one attached hydrogen (secondary N) is 3. The number of allylic oxidation sites excluding steroid dienone is 10. The van der Waals surface area contributed by atoms with Crippen LogP contribution in [0.5, 0.6) is 0 Å². The molecule has 107 heavy (non-hydrogen) atoms. The van der Waals surface area contributed by atoms with Crippen LogP contribution in [0, 0.1) is 23.7 Å². The minimum absolute atomic E-state index is 0.0389. The number of likely N-dealkylation sites (N-methyl/N-ethyl adjacent to an activating group) is 7. The Morgan fingerprint density at radius 2 is 1.02 bits per heavy atom. The lowest BCUT2D eigenvalue weighted by Gasteiger charge is -2.38. The van der Waals surface area contributed by atoms with Crippen molar-refractivity contribution in [1.82, 2.24) is 55.1 Å². The number of primary amides is 1. The van der Waals surface area contributed by atoms with E-state index in [4.69, 9.17) is 10.5 Å². The molecule has 3 fully saturated rings. The van der Waals surface area contributed by atoms with Crippen LogP contribution in [-0.2, 0) is 62.3 Å². The first-order valence-corrected chi connectivity index (χ1v) is 37.9. The molecule has 0 aromatic carbocycles. The maximum Gasteiger partial charge on any atom is 0.247 e. The van der Waals surface area contributed by atoms with Crippen LogP contribution in [-0.4, -0.2) is 256 Å². The van der Waals surface area contributed by atoms with Crippen LogP contribution < -0.4 is 21.7 Å². The number of amides is 12. The molecule has 1 aliphatic heterocycles. The maximum atomic E-state index is 15.6. The van der Waals surface area contributed by atoms with Gasteiger partial charge in [-0.15, -0.1) is 0 Å². The fourth-order valence-corrected chi connectivity index (χ4v) is 15.0. The minimum atomic E-state index is -1.48. The van der Waals surface area contributed by atoms with Gasteiger partial charge in [0.05, 0.1) is 31.2 Å². The van der Waals surface area contributed by atoms with Crippen molar-refractivity contribution in [2.24, 2.45) is 29.4 Å². The molecule has 4 bridgehead atoms. The Balaban J connectivity index is 1.69. The summed E-state index contributed by atoms with van der Waals surface area (Å²) in [5.41, 5.74) is 11.2. The summed E-state index contributed by atoms with van der Waals surface area (Å²) in [6, 6.07) is -12.6. The Bertz CT molecular complexity index is 3380. The molecular weight excluding hydrogens is 1360 g/mol. The Hall–Kier alpha value is -8.52. The fourth-order valence-electron chi connectivity index (χ4n) is 15.0. The maximum absolute atomic E-state index is 15.6. The normalized spacial score (nSPS) is 17.8.